The van der Waals surface area contributed by atoms with E-state index in [1.165, 1.54) is 6.20 Å². The molecule has 0 saturated carbocycles. The molecule has 1 heterocycles. The molecule has 0 saturated heterocycles. The molecule has 37 heavy (non-hydrogen) atoms. The lowest BCUT2D eigenvalue weighted by Crippen LogP contribution is -2.16. The van der Waals surface area contributed by atoms with Gasteiger partial charge in [-0.25, -0.2) is 9.94 Å². The summed E-state index contributed by atoms with van der Waals surface area (Å²) in [6, 6.07) is 13.1. The van der Waals surface area contributed by atoms with Gasteiger partial charge in [-0.1, -0.05) is 24.3 Å². The topological polar surface area (TPSA) is 133 Å². The van der Waals surface area contributed by atoms with Crippen LogP contribution in [0.15, 0.2) is 58.5 Å². The van der Waals surface area contributed by atoms with E-state index in [2.05, 4.69) is 20.0 Å². The normalized spacial score (nSPS) is 12.1. The highest BCUT2D eigenvalue weighted by Crippen LogP contribution is 2.41. The van der Waals surface area contributed by atoms with Gasteiger partial charge in [0, 0.05) is 36.3 Å². The molecule has 0 unspecified atom stereocenters. The SMILES string of the molecule is [C-]#[N+]c1c(C(=NC)/C(=C\N)c2cc(OCC)c3c(=O)[nH]nc(CN)c3c2)c(OCC)cc2ccccc12. The minimum Gasteiger partial charge on any atom is -0.494 e. The quantitative estimate of drug-likeness (QED) is 0.246. The van der Waals surface area contributed by atoms with E-state index in [-0.39, 0.29) is 12.1 Å². The van der Waals surface area contributed by atoms with Crippen LogP contribution in [-0.2, 0) is 6.54 Å². The second kappa shape index (κ2) is 10.9. The van der Waals surface area contributed by atoms with Gasteiger partial charge >= 0.3 is 0 Å². The molecule has 9 nitrogen and oxygen atoms in total. The summed E-state index contributed by atoms with van der Waals surface area (Å²) in [5.74, 6) is 0.899. The maximum absolute atomic E-state index is 12.7. The first-order chi connectivity index (χ1) is 18.0. The van der Waals surface area contributed by atoms with Gasteiger partial charge in [0.05, 0.1) is 36.6 Å². The first-order valence-electron chi connectivity index (χ1n) is 11.9. The smallest absolute Gasteiger partial charge is 0.275 e. The van der Waals surface area contributed by atoms with E-state index in [1.54, 1.807) is 19.2 Å². The largest absolute Gasteiger partial charge is 0.494 e. The molecule has 4 aromatic rings. The number of hydrogen-bond donors (Lipinski definition) is 3. The third-order valence-corrected chi connectivity index (χ3v) is 6.02. The Morgan fingerprint density at radius 1 is 1.14 bits per heavy atom. The van der Waals surface area contributed by atoms with Crippen LogP contribution in [0.3, 0.4) is 0 Å². The highest BCUT2D eigenvalue weighted by molar-refractivity contribution is 6.36. The minimum absolute atomic E-state index is 0.111. The van der Waals surface area contributed by atoms with Crippen molar-refractivity contribution in [3.05, 3.63) is 87.3 Å². The summed E-state index contributed by atoms with van der Waals surface area (Å²) in [5, 5.41) is 9.18. The highest BCUT2D eigenvalue weighted by atomic mass is 16.5. The summed E-state index contributed by atoms with van der Waals surface area (Å²) in [4.78, 5) is 21.1. The third kappa shape index (κ3) is 4.50. The molecule has 5 N–H and O–H groups in total. The average molecular weight is 497 g/mol. The van der Waals surface area contributed by atoms with Gasteiger partial charge in [-0.15, -0.1) is 0 Å². The van der Waals surface area contributed by atoms with Crippen molar-refractivity contribution in [3.8, 4) is 11.5 Å². The Hall–Kier alpha value is -4.68. The maximum Gasteiger partial charge on any atom is 0.275 e. The van der Waals surface area contributed by atoms with Crippen molar-refractivity contribution in [2.24, 2.45) is 16.5 Å². The van der Waals surface area contributed by atoms with Crippen molar-refractivity contribution in [2.45, 2.75) is 20.4 Å². The number of nitrogens with one attached hydrogen (secondary N) is 1. The first kappa shape index (κ1) is 25.4. The number of nitrogens with two attached hydrogens (primary N) is 2. The van der Waals surface area contributed by atoms with Gasteiger partial charge in [0.1, 0.15) is 11.5 Å². The molecule has 0 radical (unpaired) electrons. The second-order valence-electron chi connectivity index (χ2n) is 8.05. The average Bonchev–Trinajstić information content (AvgIpc) is 2.91. The zero-order chi connectivity index (χ0) is 26.5. The lowest BCUT2D eigenvalue weighted by molar-refractivity contribution is 0.340. The van der Waals surface area contributed by atoms with E-state index in [0.717, 1.165) is 10.8 Å². The Kier molecular flexibility index (Phi) is 7.51. The molecule has 1 aromatic heterocycles. The number of nitrogens with zero attached hydrogens (tertiary/aromatic N) is 3. The summed E-state index contributed by atoms with van der Waals surface area (Å²) in [7, 11) is 1.64. The van der Waals surface area contributed by atoms with Crippen LogP contribution in [0.2, 0.25) is 0 Å². The molecule has 0 spiro atoms. The molecule has 0 fully saturated rings. The maximum atomic E-state index is 12.7. The summed E-state index contributed by atoms with van der Waals surface area (Å²) in [6.45, 7) is 12.6. The van der Waals surface area contributed by atoms with Crippen LogP contribution in [0.4, 0.5) is 5.69 Å². The van der Waals surface area contributed by atoms with Crippen LogP contribution < -0.4 is 26.5 Å². The van der Waals surface area contributed by atoms with Gasteiger partial charge in [-0.05, 0) is 48.4 Å². The number of benzene rings is 3. The fourth-order valence-corrected chi connectivity index (χ4v) is 4.49. The fourth-order valence-electron chi connectivity index (χ4n) is 4.49. The van der Waals surface area contributed by atoms with Gasteiger partial charge in [0.15, 0.2) is 0 Å². The van der Waals surface area contributed by atoms with E-state index in [0.29, 0.717) is 69.3 Å². The number of aliphatic imine (C=N–C) groups is 1. The van der Waals surface area contributed by atoms with Crippen molar-refractivity contribution in [1.82, 2.24) is 10.2 Å². The van der Waals surface area contributed by atoms with Crippen molar-refractivity contribution >= 4 is 38.5 Å². The zero-order valence-corrected chi connectivity index (χ0v) is 21.0. The molecule has 0 aliphatic rings. The number of hydrogen-bond acceptors (Lipinski definition) is 7. The third-order valence-electron chi connectivity index (χ3n) is 6.02. The molecule has 3 aromatic carbocycles. The molecule has 0 bridgehead atoms. The van der Waals surface area contributed by atoms with E-state index < -0.39 is 0 Å². The molecule has 4 rings (SSSR count). The molecule has 0 atom stereocenters. The van der Waals surface area contributed by atoms with Gasteiger partial charge < -0.3 is 20.9 Å². The van der Waals surface area contributed by atoms with Crippen molar-refractivity contribution < 1.29 is 9.47 Å². The zero-order valence-electron chi connectivity index (χ0n) is 21.0. The van der Waals surface area contributed by atoms with Crippen LogP contribution in [0.1, 0.15) is 30.7 Å². The summed E-state index contributed by atoms with van der Waals surface area (Å²) in [6.07, 6.45) is 1.43. The van der Waals surface area contributed by atoms with Crippen LogP contribution in [0.25, 0.3) is 32.0 Å². The Balaban J connectivity index is 2.04. The van der Waals surface area contributed by atoms with Gasteiger partial charge in [-0.3, -0.25) is 9.79 Å². The van der Waals surface area contributed by atoms with Crippen LogP contribution in [-0.4, -0.2) is 36.2 Å². The molecule has 0 amide bonds. The summed E-state index contributed by atoms with van der Waals surface area (Å²) >= 11 is 0. The molecule has 0 aliphatic heterocycles. The molecule has 188 valence electrons. The Morgan fingerprint density at radius 2 is 1.86 bits per heavy atom. The number of fused-ring (bicyclic) bond motifs is 2. The minimum atomic E-state index is -0.381. The molecular formula is C28H28N6O3. The number of ether oxygens (including phenoxy) is 2. The van der Waals surface area contributed by atoms with Crippen molar-refractivity contribution in [3.63, 3.8) is 0 Å². The van der Waals surface area contributed by atoms with E-state index >= 15 is 0 Å². The predicted octanol–water partition coefficient (Wildman–Crippen LogP) is 4.30. The number of rotatable bonds is 8. The number of aromatic amines is 1. The molecular weight excluding hydrogens is 468 g/mol. The monoisotopic (exact) mass is 496 g/mol. The Labute approximate surface area is 214 Å². The fraction of sp³-hybridized carbons (Fsp3) is 0.214. The van der Waals surface area contributed by atoms with Gasteiger partial charge in [0.25, 0.3) is 5.56 Å². The van der Waals surface area contributed by atoms with E-state index in [1.807, 2.05) is 44.2 Å². The summed E-state index contributed by atoms with van der Waals surface area (Å²) < 4.78 is 11.8. The highest BCUT2D eigenvalue weighted by Gasteiger charge is 2.24. The predicted molar refractivity (Wildman–Crippen MR) is 147 cm³/mol. The van der Waals surface area contributed by atoms with Crippen LogP contribution in [0, 0.1) is 6.57 Å². The van der Waals surface area contributed by atoms with Gasteiger partial charge in [-0.2, -0.15) is 5.10 Å². The van der Waals surface area contributed by atoms with Crippen molar-refractivity contribution in [2.75, 3.05) is 20.3 Å². The standard InChI is InChI=1S/C28H28N6O3/c1-5-36-22-13-17(11-19-21(15-30)33-34-28(35)24(19)22)20(14-29)27(32-4)25-23(37-6-2)12-16-9-7-8-10-18(16)26(25)31-3/h7-14H,5-6,15,29-30H2,1-2,4H3,(H,34,35)/b20-14-,32-27?. The van der Waals surface area contributed by atoms with Crippen molar-refractivity contribution in [1.29, 1.82) is 0 Å². The first-order valence-corrected chi connectivity index (χ1v) is 11.9. The number of allylic oxidation sites excluding steroid dienone is 1. The lowest BCUT2D eigenvalue weighted by Gasteiger charge is -2.19. The van der Waals surface area contributed by atoms with Crippen LogP contribution >= 0.6 is 0 Å². The Bertz CT molecular complexity index is 1650. The summed E-state index contributed by atoms with van der Waals surface area (Å²) in [5.41, 5.74) is 14.8. The van der Waals surface area contributed by atoms with Gasteiger partial charge in [0.2, 0.25) is 5.69 Å². The molecule has 0 aliphatic carbocycles. The second-order valence-corrected chi connectivity index (χ2v) is 8.05. The lowest BCUT2D eigenvalue weighted by atomic mass is 9.91. The van der Waals surface area contributed by atoms with Crippen LogP contribution in [0.5, 0.6) is 11.5 Å². The number of aromatic nitrogens is 2. The van der Waals surface area contributed by atoms with E-state index in [4.69, 9.17) is 27.5 Å². The Morgan fingerprint density at radius 3 is 2.51 bits per heavy atom. The molecule has 9 heteroatoms. The number of H-pyrrole nitrogens is 1. The van der Waals surface area contributed by atoms with E-state index in [9.17, 15) is 4.79 Å².